The highest BCUT2D eigenvalue weighted by Crippen LogP contribution is 2.37. The van der Waals surface area contributed by atoms with Gasteiger partial charge in [-0.15, -0.1) is 0 Å². The number of benzene rings is 3. The first kappa shape index (κ1) is 32.7. The van der Waals surface area contributed by atoms with E-state index in [4.69, 9.17) is 29.1 Å². The van der Waals surface area contributed by atoms with Gasteiger partial charge in [-0.1, -0.05) is 54.6 Å². The van der Waals surface area contributed by atoms with E-state index in [0.29, 0.717) is 11.1 Å². The molecule has 3 aromatic carbocycles. The van der Waals surface area contributed by atoms with Gasteiger partial charge in [-0.05, 0) is 56.9 Å². The Hall–Kier alpha value is -4.71. The van der Waals surface area contributed by atoms with Gasteiger partial charge in [-0.2, -0.15) is 0 Å². The summed E-state index contributed by atoms with van der Waals surface area (Å²) in [6, 6.07) is 20.3. The number of rotatable bonds is 10. The number of aryl methyl sites for hydroxylation is 3. The van der Waals surface area contributed by atoms with Gasteiger partial charge in [-0.3, -0.25) is 4.79 Å². The van der Waals surface area contributed by atoms with Crippen LogP contribution in [0.15, 0.2) is 75.9 Å². The number of nitrogens with two attached hydrogens (primary N) is 1. The van der Waals surface area contributed by atoms with Gasteiger partial charge in [0.2, 0.25) is 6.29 Å². The summed E-state index contributed by atoms with van der Waals surface area (Å²) < 4.78 is 28.1. The number of ether oxygens (including phenoxy) is 4. The highest BCUT2D eigenvalue weighted by Gasteiger charge is 2.53. The maximum Gasteiger partial charge on any atom is 0.404 e. The number of methoxy groups -OCH3 is 1. The SMILES string of the molecule is CO[C@@H]1[C@@H](OC(N)=O)[C@@H](O)[C@H](Oc2ccc3c(O)c(CC(=O)c4ccc(CCc5ccccc5)cc4)c(=O)oc3c2C)OC1(C)C. The highest BCUT2D eigenvalue weighted by molar-refractivity contribution is 5.99. The number of amides is 1. The fourth-order valence-corrected chi connectivity index (χ4v) is 5.81. The Morgan fingerprint density at radius 3 is 2.26 bits per heavy atom. The zero-order valence-corrected chi connectivity index (χ0v) is 26.0. The van der Waals surface area contributed by atoms with E-state index in [0.717, 1.165) is 18.4 Å². The Morgan fingerprint density at radius 1 is 0.978 bits per heavy atom. The van der Waals surface area contributed by atoms with Gasteiger partial charge in [0.25, 0.3) is 0 Å². The Balaban J connectivity index is 1.34. The zero-order valence-electron chi connectivity index (χ0n) is 26.0. The number of ketones is 1. The molecule has 1 fully saturated rings. The molecule has 0 saturated carbocycles. The molecule has 0 bridgehead atoms. The van der Waals surface area contributed by atoms with Crippen LogP contribution in [0, 0.1) is 6.92 Å². The van der Waals surface area contributed by atoms with Gasteiger partial charge >= 0.3 is 11.7 Å². The second-order valence-corrected chi connectivity index (χ2v) is 11.8. The van der Waals surface area contributed by atoms with Gasteiger partial charge in [0, 0.05) is 24.7 Å². The van der Waals surface area contributed by atoms with Gasteiger partial charge in [0.15, 0.2) is 18.0 Å². The first-order valence-electron chi connectivity index (χ1n) is 14.9. The van der Waals surface area contributed by atoms with E-state index in [1.807, 2.05) is 30.3 Å². The van der Waals surface area contributed by atoms with Crippen LogP contribution >= 0.6 is 0 Å². The number of hydrogen-bond acceptors (Lipinski definition) is 10. The Bertz CT molecular complexity index is 1780. The van der Waals surface area contributed by atoms with Crippen molar-refractivity contribution in [2.24, 2.45) is 5.73 Å². The van der Waals surface area contributed by atoms with Crippen LogP contribution in [-0.4, -0.2) is 59.4 Å². The summed E-state index contributed by atoms with van der Waals surface area (Å²) in [5.41, 5.74) is 6.18. The lowest BCUT2D eigenvalue weighted by Gasteiger charge is -2.47. The molecule has 1 aliphatic heterocycles. The Labute approximate surface area is 265 Å². The van der Waals surface area contributed by atoms with Crippen molar-refractivity contribution >= 4 is 22.8 Å². The van der Waals surface area contributed by atoms with E-state index < -0.39 is 41.9 Å². The van der Waals surface area contributed by atoms with E-state index in [1.54, 1.807) is 32.9 Å². The van der Waals surface area contributed by atoms with E-state index in [2.05, 4.69) is 12.1 Å². The molecule has 1 aromatic heterocycles. The number of aromatic hydroxyl groups is 1. The van der Waals surface area contributed by atoms with Crippen LogP contribution in [0.5, 0.6) is 11.5 Å². The normalized spacial score (nSPS) is 20.7. The van der Waals surface area contributed by atoms with Crippen LogP contribution in [0.3, 0.4) is 0 Å². The number of fused-ring (bicyclic) bond motifs is 1. The van der Waals surface area contributed by atoms with Crippen LogP contribution in [0.4, 0.5) is 4.79 Å². The van der Waals surface area contributed by atoms with Crippen LogP contribution in [0.1, 0.15) is 46.5 Å². The third-order valence-corrected chi connectivity index (χ3v) is 8.26. The number of Topliss-reactive ketones (excluding diaryl/α,β-unsaturated/α-hetero) is 1. The van der Waals surface area contributed by atoms with E-state index >= 15 is 0 Å². The van der Waals surface area contributed by atoms with Crippen molar-refractivity contribution in [2.75, 3.05) is 7.11 Å². The largest absolute Gasteiger partial charge is 0.507 e. The smallest absolute Gasteiger partial charge is 0.404 e. The van der Waals surface area contributed by atoms with Gasteiger partial charge in [0.05, 0.1) is 16.6 Å². The quantitative estimate of drug-likeness (QED) is 0.169. The van der Waals surface area contributed by atoms with Crippen molar-refractivity contribution in [1.82, 2.24) is 0 Å². The van der Waals surface area contributed by atoms with Gasteiger partial charge in [0.1, 0.15) is 23.2 Å². The molecule has 0 radical (unpaired) electrons. The number of primary amides is 1. The highest BCUT2D eigenvalue weighted by atomic mass is 16.7. The molecule has 11 heteroatoms. The molecular formula is C35H37NO10. The summed E-state index contributed by atoms with van der Waals surface area (Å²) in [5, 5.41) is 22.2. The topological polar surface area (TPSA) is 168 Å². The summed E-state index contributed by atoms with van der Waals surface area (Å²) in [6.07, 6.45) is -4.66. The zero-order chi connectivity index (χ0) is 33.2. The number of aliphatic hydroxyl groups excluding tert-OH is 1. The molecule has 1 aliphatic rings. The third kappa shape index (κ3) is 6.76. The van der Waals surface area contributed by atoms with Crippen LogP contribution in [0.25, 0.3) is 11.0 Å². The monoisotopic (exact) mass is 631 g/mol. The molecule has 5 rings (SSSR count). The summed E-state index contributed by atoms with van der Waals surface area (Å²) in [7, 11) is 1.38. The number of carbonyl (C=O) groups is 2. The second kappa shape index (κ2) is 13.3. The number of carbonyl (C=O) groups excluding carboxylic acids is 2. The van der Waals surface area contributed by atoms with Crippen molar-refractivity contribution < 1.29 is 43.2 Å². The van der Waals surface area contributed by atoms with Crippen LogP contribution < -0.4 is 16.1 Å². The Morgan fingerprint density at radius 2 is 1.63 bits per heavy atom. The van der Waals surface area contributed by atoms with Crippen LogP contribution in [0.2, 0.25) is 0 Å². The molecule has 242 valence electrons. The molecular weight excluding hydrogens is 594 g/mol. The van der Waals surface area contributed by atoms with Crippen molar-refractivity contribution in [1.29, 1.82) is 0 Å². The standard InChI is InChI=1S/C35H37NO10/c1-19-26(43-33-28(39)30(45-34(36)41)31(42-4)35(2,3)46-33)17-16-23-27(38)24(32(40)44-29(19)23)18-25(37)22-14-12-21(13-15-22)11-10-20-8-6-5-7-9-20/h5-9,12-17,28,30-31,33,38-39H,10-11,18H2,1-4H3,(H2,36,41)/t28-,30+,31-,33-/m1/s1. The lowest BCUT2D eigenvalue weighted by atomic mass is 9.89. The molecule has 4 aromatic rings. The predicted octanol–water partition coefficient (Wildman–Crippen LogP) is 4.37. The lowest BCUT2D eigenvalue weighted by Crippen LogP contribution is -2.65. The minimum atomic E-state index is -1.49. The van der Waals surface area contributed by atoms with Crippen molar-refractivity contribution in [2.45, 2.75) is 70.2 Å². The van der Waals surface area contributed by atoms with Gasteiger partial charge in [-0.25, -0.2) is 9.59 Å². The molecule has 1 amide bonds. The summed E-state index contributed by atoms with van der Waals surface area (Å²) in [6.45, 7) is 4.95. The fraction of sp³-hybridized carbons (Fsp3) is 0.343. The minimum Gasteiger partial charge on any atom is -0.507 e. The number of hydrogen-bond donors (Lipinski definition) is 3. The molecule has 1 saturated heterocycles. The van der Waals surface area contributed by atoms with Crippen LogP contribution in [-0.2, 0) is 33.5 Å². The number of aliphatic hydroxyl groups is 1. The molecule has 46 heavy (non-hydrogen) atoms. The average Bonchev–Trinajstić information content (AvgIpc) is 3.02. The molecule has 4 N–H and O–H groups in total. The first-order chi connectivity index (χ1) is 21.9. The maximum absolute atomic E-state index is 13.1. The van der Waals surface area contributed by atoms with Crippen molar-refractivity contribution in [3.05, 3.63) is 105 Å². The summed E-state index contributed by atoms with van der Waals surface area (Å²) >= 11 is 0. The molecule has 0 unspecified atom stereocenters. The summed E-state index contributed by atoms with van der Waals surface area (Å²) in [4.78, 5) is 37.7. The van der Waals surface area contributed by atoms with E-state index in [9.17, 15) is 24.6 Å². The van der Waals surface area contributed by atoms with Crippen molar-refractivity contribution in [3.8, 4) is 11.5 Å². The molecule has 2 heterocycles. The second-order valence-electron chi connectivity index (χ2n) is 11.8. The predicted molar refractivity (Wildman–Crippen MR) is 168 cm³/mol. The molecule has 11 nitrogen and oxygen atoms in total. The molecule has 0 aliphatic carbocycles. The Kier molecular flexibility index (Phi) is 9.47. The fourth-order valence-electron chi connectivity index (χ4n) is 5.81. The summed E-state index contributed by atoms with van der Waals surface area (Å²) in [5.74, 6) is -0.553. The first-order valence-corrected chi connectivity index (χ1v) is 14.9. The average molecular weight is 632 g/mol. The van der Waals surface area contributed by atoms with E-state index in [-0.39, 0.29) is 40.2 Å². The minimum absolute atomic E-state index is 0.0308. The lowest BCUT2D eigenvalue weighted by molar-refractivity contribution is -0.304. The van der Waals surface area contributed by atoms with Gasteiger partial charge < -0.3 is 39.3 Å². The maximum atomic E-state index is 13.1. The molecule has 4 atom stereocenters. The van der Waals surface area contributed by atoms with Crippen molar-refractivity contribution in [3.63, 3.8) is 0 Å². The third-order valence-electron chi connectivity index (χ3n) is 8.26. The van der Waals surface area contributed by atoms with E-state index in [1.165, 1.54) is 24.8 Å². The molecule has 0 spiro atoms.